The van der Waals surface area contributed by atoms with Gasteiger partial charge < -0.3 is 4.42 Å². The van der Waals surface area contributed by atoms with E-state index in [9.17, 15) is 19.7 Å². The Balaban J connectivity index is 2.99. The quantitative estimate of drug-likeness (QED) is 0.482. The summed E-state index contributed by atoms with van der Waals surface area (Å²) in [7, 11) is 0. The van der Waals surface area contributed by atoms with Crippen LogP contribution in [-0.4, -0.2) is 11.2 Å². The van der Waals surface area contributed by atoms with Crippen molar-refractivity contribution in [2.24, 2.45) is 0 Å². The molecular formula is C10H4BrNO5. The molecule has 7 heteroatoms. The second kappa shape index (κ2) is 4.10. The van der Waals surface area contributed by atoms with Gasteiger partial charge in [-0.25, -0.2) is 0 Å². The van der Waals surface area contributed by atoms with Crippen molar-refractivity contribution in [3.05, 3.63) is 48.8 Å². The van der Waals surface area contributed by atoms with Crippen LogP contribution in [0, 0.1) is 10.1 Å². The Morgan fingerprint density at radius 2 is 2.12 bits per heavy atom. The van der Waals surface area contributed by atoms with Gasteiger partial charge in [0.05, 0.1) is 20.3 Å². The number of nitro groups is 1. The van der Waals surface area contributed by atoms with E-state index >= 15 is 0 Å². The molecule has 2 rings (SSSR count). The fourth-order valence-electron chi connectivity index (χ4n) is 1.43. The Kier molecular flexibility index (Phi) is 2.76. The number of halogens is 1. The third-order valence-electron chi connectivity index (χ3n) is 2.20. The number of benzene rings is 1. The van der Waals surface area contributed by atoms with Crippen LogP contribution in [0.25, 0.3) is 11.0 Å². The van der Waals surface area contributed by atoms with Gasteiger partial charge in [-0.2, -0.15) is 0 Å². The summed E-state index contributed by atoms with van der Waals surface area (Å²) in [6, 6.07) is 2.73. The molecule has 1 aromatic carbocycles. The first-order chi connectivity index (χ1) is 8.06. The average molecular weight is 298 g/mol. The van der Waals surface area contributed by atoms with Gasteiger partial charge in [-0.05, 0) is 28.1 Å². The number of nitro benzene ring substituents is 1. The number of fused-ring (bicyclic) bond motifs is 1. The van der Waals surface area contributed by atoms with Crippen molar-refractivity contribution in [1.82, 2.24) is 0 Å². The van der Waals surface area contributed by atoms with Crippen molar-refractivity contribution in [3.63, 3.8) is 0 Å². The zero-order valence-corrected chi connectivity index (χ0v) is 9.76. The third-order valence-corrected chi connectivity index (χ3v) is 2.84. The van der Waals surface area contributed by atoms with Crippen LogP contribution in [0.2, 0.25) is 0 Å². The van der Waals surface area contributed by atoms with Crippen LogP contribution in [0.1, 0.15) is 10.4 Å². The molecule has 0 unspecified atom stereocenters. The largest absolute Gasteiger partial charge is 0.456 e. The first kappa shape index (κ1) is 11.5. The van der Waals surface area contributed by atoms with Crippen LogP contribution >= 0.6 is 15.9 Å². The highest BCUT2D eigenvalue weighted by Gasteiger charge is 2.21. The molecule has 0 atom stereocenters. The number of carbonyl (C=O) groups excluding carboxylic acids is 1. The van der Waals surface area contributed by atoms with E-state index in [1.807, 2.05) is 0 Å². The maximum absolute atomic E-state index is 11.7. The lowest BCUT2D eigenvalue weighted by molar-refractivity contribution is -0.384. The van der Waals surface area contributed by atoms with Crippen LogP contribution in [0.4, 0.5) is 5.69 Å². The first-order valence-electron chi connectivity index (χ1n) is 4.40. The molecule has 0 aliphatic rings. The zero-order valence-electron chi connectivity index (χ0n) is 8.18. The standard InChI is InChI=1S/C10H4BrNO5/c11-7-2-1-6-9(14)5(3-13)4-17-10(6)8(7)12(15)16/h1-4H. The summed E-state index contributed by atoms with van der Waals surface area (Å²) in [5, 5.41) is 10.8. The second-order valence-corrected chi connectivity index (χ2v) is 4.02. The highest BCUT2D eigenvalue weighted by molar-refractivity contribution is 9.10. The number of hydrogen-bond donors (Lipinski definition) is 0. The van der Waals surface area contributed by atoms with Gasteiger partial charge in [0, 0.05) is 0 Å². The maximum Gasteiger partial charge on any atom is 0.326 e. The Hall–Kier alpha value is -2.02. The molecule has 0 radical (unpaired) electrons. The van der Waals surface area contributed by atoms with E-state index in [2.05, 4.69) is 15.9 Å². The Morgan fingerprint density at radius 1 is 1.41 bits per heavy atom. The molecule has 2 aromatic rings. The van der Waals surface area contributed by atoms with Gasteiger partial charge in [0.25, 0.3) is 0 Å². The molecule has 0 bridgehead atoms. The predicted molar refractivity (Wildman–Crippen MR) is 62.2 cm³/mol. The number of aldehydes is 1. The van der Waals surface area contributed by atoms with E-state index in [1.54, 1.807) is 0 Å². The number of hydrogen-bond acceptors (Lipinski definition) is 5. The lowest BCUT2D eigenvalue weighted by Crippen LogP contribution is -2.08. The van der Waals surface area contributed by atoms with Gasteiger partial charge in [-0.3, -0.25) is 19.7 Å². The second-order valence-electron chi connectivity index (χ2n) is 3.17. The van der Waals surface area contributed by atoms with E-state index in [1.165, 1.54) is 12.1 Å². The molecular weight excluding hydrogens is 294 g/mol. The van der Waals surface area contributed by atoms with Gasteiger partial charge in [0.15, 0.2) is 6.29 Å². The fourth-order valence-corrected chi connectivity index (χ4v) is 1.89. The average Bonchev–Trinajstić information content (AvgIpc) is 2.28. The molecule has 0 saturated carbocycles. The minimum Gasteiger partial charge on any atom is -0.456 e. The molecule has 0 saturated heterocycles. The van der Waals surface area contributed by atoms with Crippen molar-refractivity contribution in [2.75, 3.05) is 0 Å². The van der Waals surface area contributed by atoms with Gasteiger partial charge in [0.2, 0.25) is 11.0 Å². The molecule has 6 nitrogen and oxygen atoms in total. The number of rotatable bonds is 2. The topological polar surface area (TPSA) is 90.4 Å². The molecule has 0 aliphatic carbocycles. The molecule has 0 amide bonds. The summed E-state index contributed by atoms with van der Waals surface area (Å²) in [6.45, 7) is 0. The van der Waals surface area contributed by atoms with E-state index in [0.29, 0.717) is 6.29 Å². The molecule has 0 spiro atoms. The molecule has 1 heterocycles. The summed E-state index contributed by atoms with van der Waals surface area (Å²) in [5.74, 6) is 0. The summed E-state index contributed by atoms with van der Waals surface area (Å²) in [5.41, 5.74) is -1.25. The van der Waals surface area contributed by atoms with Crippen molar-refractivity contribution < 1.29 is 14.1 Å². The number of nitrogens with zero attached hydrogens (tertiary/aromatic N) is 1. The highest BCUT2D eigenvalue weighted by Crippen LogP contribution is 2.31. The SMILES string of the molecule is O=Cc1coc2c([N+](=O)[O-])c(Br)ccc2c1=O. The van der Waals surface area contributed by atoms with Crippen molar-refractivity contribution >= 4 is 38.9 Å². The molecule has 0 aliphatic heterocycles. The Bertz CT molecular complexity index is 691. The lowest BCUT2D eigenvalue weighted by atomic mass is 10.1. The van der Waals surface area contributed by atoms with Gasteiger partial charge >= 0.3 is 5.69 Å². The molecule has 86 valence electrons. The molecule has 0 fully saturated rings. The normalized spacial score (nSPS) is 10.4. The summed E-state index contributed by atoms with van der Waals surface area (Å²) in [6.07, 6.45) is 1.26. The minimum absolute atomic E-state index is 0.00417. The van der Waals surface area contributed by atoms with E-state index in [4.69, 9.17) is 4.42 Å². The number of carbonyl (C=O) groups is 1. The first-order valence-corrected chi connectivity index (χ1v) is 5.19. The molecule has 1 aromatic heterocycles. The van der Waals surface area contributed by atoms with Crippen molar-refractivity contribution in [1.29, 1.82) is 0 Å². The van der Waals surface area contributed by atoms with E-state index < -0.39 is 10.4 Å². The lowest BCUT2D eigenvalue weighted by Gasteiger charge is -2.00. The van der Waals surface area contributed by atoms with Crippen molar-refractivity contribution in [2.45, 2.75) is 0 Å². The fraction of sp³-hybridized carbons (Fsp3) is 0. The van der Waals surface area contributed by atoms with Crippen LogP contribution in [0.15, 0.2) is 32.1 Å². The van der Waals surface area contributed by atoms with Gasteiger partial charge in [0.1, 0.15) is 6.26 Å². The molecule has 17 heavy (non-hydrogen) atoms. The smallest absolute Gasteiger partial charge is 0.326 e. The monoisotopic (exact) mass is 297 g/mol. The predicted octanol–water partition coefficient (Wildman–Crippen LogP) is 2.28. The van der Waals surface area contributed by atoms with Crippen LogP contribution < -0.4 is 5.43 Å². The Morgan fingerprint density at radius 3 is 2.71 bits per heavy atom. The van der Waals surface area contributed by atoms with Crippen LogP contribution in [0.3, 0.4) is 0 Å². The highest BCUT2D eigenvalue weighted by atomic mass is 79.9. The summed E-state index contributed by atoms with van der Waals surface area (Å²) in [4.78, 5) is 32.5. The van der Waals surface area contributed by atoms with Crippen LogP contribution in [-0.2, 0) is 0 Å². The van der Waals surface area contributed by atoms with Gasteiger partial charge in [-0.15, -0.1) is 0 Å². The molecule has 0 N–H and O–H groups in total. The van der Waals surface area contributed by atoms with Gasteiger partial charge in [-0.1, -0.05) is 0 Å². The van der Waals surface area contributed by atoms with Crippen LogP contribution in [0.5, 0.6) is 0 Å². The summed E-state index contributed by atoms with van der Waals surface area (Å²) >= 11 is 3.00. The maximum atomic E-state index is 11.7. The van der Waals surface area contributed by atoms with E-state index in [0.717, 1.165) is 6.26 Å². The third kappa shape index (κ3) is 1.74. The van der Waals surface area contributed by atoms with E-state index in [-0.39, 0.29) is 26.7 Å². The van der Waals surface area contributed by atoms with Crippen molar-refractivity contribution in [3.8, 4) is 0 Å². The zero-order chi connectivity index (χ0) is 12.6. The summed E-state index contributed by atoms with van der Waals surface area (Å²) < 4.78 is 5.19. The minimum atomic E-state index is -0.657. The Labute approximate surface area is 102 Å².